The first kappa shape index (κ1) is 9.14. The zero-order chi connectivity index (χ0) is 10.3. The molecule has 1 aromatic carbocycles. The lowest BCUT2D eigenvalue weighted by molar-refractivity contribution is -0.113. The number of hydrogen-bond acceptors (Lipinski definition) is 1. The maximum Gasteiger partial charge on any atom is 0.126 e. The summed E-state index contributed by atoms with van der Waals surface area (Å²) in [5.41, 5.74) is 2.95. The minimum atomic E-state index is 0.0243. The lowest BCUT2D eigenvalue weighted by Gasteiger charge is -2.29. The predicted molar refractivity (Wildman–Crippen MR) is 59.9 cm³/mol. The molecule has 0 saturated heterocycles. The van der Waals surface area contributed by atoms with Crippen molar-refractivity contribution in [3.05, 3.63) is 35.4 Å². The van der Waals surface area contributed by atoms with Crippen molar-refractivity contribution in [2.24, 2.45) is 5.41 Å². The summed E-state index contributed by atoms with van der Waals surface area (Å²) in [7, 11) is 0. The first-order valence-corrected chi connectivity index (χ1v) is 5.90. The Labute approximate surface area is 90.5 Å². The van der Waals surface area contributed by atoms with Crippen LogP contribution in [0.4, 0.5) is 0 Å². The summed E-state index contributed by atoms with van der Waals surface area (Å²) in [4.78, 5) is 11.2. The molecule has 15 heavy (non-hydrogen) atoms. The Balaban J connectivity index is 2.03. The van der Waals surface area contributed by atoms with Gasteiger partial charge in [-0.3, -0.25) is 0 Å². The van der Waals surface area contributed by atoms with E-state index in [1.807, 2.05) is 0 Å². The Morgan fingerprint density at radius 2 is 2.07 bits per heavy atom. The van der Waals surface area contributed by atoms with Crippen molar-refractivity contribution in [1.82, 2.24) is 0 Å². The van der Waals surface area contributed by atoms with E-state index in [-0.39, 0.29) is 5.41 Å². The van der Waals surface area contributed by atoms with Gasteiger partial charge < -0.3 is 4.79 Å². The molecule has 2 aliphatic carbocycles. The standard InChI is InChI=1S/C14H16O/c15-10-14(8-9-14)13-7-3-5-11-4-1-2-6-12(11)13/h1-2,4,6,10,13H,3,5,7-9H2. The quantitative estimate of drug-likeness (QED) is 0.670. The summed E-state index contributed by atoms with van der Waals surface area (Å²) in [6, 6.07) is 8.67. The molecular formula is C14H16O. The number of rotatable bonds is 2. The molecule has 0 spiro atoms. The molecule has 78 valence electrons. The molecule has 1 fully saturated rings. The van der Waals surface area contributed by atoms with Gasteiger partial charge in [0.25, 0.3) is 0 Å². The molecule has 0 bridgehead atoms. The topological polar surface area (TPSA) is 17.1 Å². The Kier molecular flexibility index (Phi) is 1.95. The average Bonchev–Trinajstić information content (AvgIpc) is 3.09. The Morgan fingerprint density at radius 3 is 2.80 bits per heavy atom. The van der Waals surface area contributed by atoms with Crippen LogP contribution in [0.3, 0.4) is 0 Å². The van der Waals surface area contributed by atoms with E-state index in [1.165, 1.54) is 36.7 Å². The van der Waals surface area contributed by atoms with Gasteiger partial charge in [0.15, 0.2) is 0 Å². The smallest absolute Gasteiger partial charge is 0.126 e. The van der Waals surface area contributed by atoms with Crippen molar-refractivity contribution < 1.29 is 4.79 Å². The second-order valence-corrected chi connectivity index (χ2v) is 4.99. The number of benzene rings is 1. The molecule has 2 aliphatic rings. The van der Waals surface area contributed by atoms with Gasteiger partial charge in [-0.25, -0.2) is 0 Å². The Morgan fingerprint density at radius 1 is 1.27 bits per heavy atom. The number of hydrogen-bond donors (Lipinski definition) is 0. The Hall–Kier alpha value is -1.11. The summed E-state index contributed by atoms with van der Waals surface area (Å²) in [5.74, 6) is 0.514. The molecule has 1 atom stereocenters. The number of carbonyl (C=O) groups is 1. The predicted octanol–water partition coefficient (Wildman–Crippen LogP) is 3.09. The third-order valence-electron chi connectivity index (χ3n) is 4.13. The maximum absolute atomic E-state index is 11.2. The highest BCUT2D eigenvalue weighted by Crippen LogP contribution is 2.57. The van der Waals surface area contributed by atoms with Crippen LogP contribution in [0.1, 0.15) is 42.7 Å². The highest BCUT2D eigenvalue weighted by Gasteiger charge is 2.50. The van der Waals surface area contributed by atoms with E-state index in [1.54, 1.807) is 0 Å². The van der Waals surface area contributed by atoms with Crippen LogP contribution in [0.5, 0.6) is 0 Å². The van der Waals surface area contributed by atoms with E-state index in [4.69, 9.17) is 0 Å². The maximum atomic E-state index is 11.2. The first-order valence-electron chi connectivity index (χ1n) is 5.90. The lowest BCUT2D eigenvalue weighted by atomic mass is 9.74. The van der Waals surface area contributed by atoms with E-state index < -0.39 is 0 Å². The van der Waals surface area contributed by atoms with Gasteiger partial charge in [-0.05, 0) is 49.1 Å². The molecule has 0 aliphatic heterocycles. The largest absolute Gasteiger partial charge is 0.303 e. The first-order chi connectivity index (χ1) is 7.36. The monoisotopic (exact) mass is 200 g/mol. The second kappa shape index (κ2) is 3.19. The zero-order valence-electron chi connectivity index (χ0n) is 8.91. The SMILES string of the molecule is O=CC1(C2CCCc3ccccc32)CC1. The van der Waals surface area contributed by atoms with Gasteiger partial charge in [0.2, 0.25) is 0 Å². The summed E-state index contributed by atoms with van der Waals surface area (Å²) >= 11 is 0. The van der Waals surface area contributed by atoms with Gasteiger partial charge in [0.1, 0.15) is 6.29 Å². The molecule has 0 radical (unpaired) electrons. The van der Waals surface area contributed by atoms with Gasteiger partial charge in [0, 0.05) is 5.41 Å². The van der Waals surface area contributed by atoms with Crippen molar-refractivity contribution in [2.45, 2.75) is 38.0 Å². The molecule has 1 heteroatoms. The van der Waals surface area contributed by atoms with E-state index in [9.17, 15) is 4.79 Å². The van der Waals surface area contributed by atoms with E-state index in [2.05, 4.69) is 24.3 Å². The minimum Gasteiger partial charge on any atom is -0.303 e. The van der Waals surface area contributed by atoms with Crippen LogP contribution in [0.2, 0.25) is 0 Å². The molecule has 1 unspecified atom stereocenters. The summed E-state index contributed by atoms with van der Waals surface area (Å²) in [6.07, 6.45) is 7.08. The van der Waals surface area contributed by atoms with Crippen LogP contribution in [0.15, 0.2) is 24.3 Å². The van der Waals surface area contributed by atoms with Crippen molar-refractivity contribution in [3.8, 4) is 0 Å². The van der Waals surface area contributed by atoms with Crippen LogP contribution < -0.4 is 0 Å². The fourth-order valence-corrected chi connectivity index (χ4v) is 3.04. The molecule has 1 aromatic rings. The van der Waals surface area contributed by atoms with Crippen LogP contribution in [0, 0.1) is 5.41 Å². The van der Waals surface area contributed by atoms with Crippen molar-refractivity contribution >= 4 is 6.29 Å². The number of aldehydes is 1. The van der Waals surface area contributed by atoms with Gasteiger partial charge in [-0.15, -0.1) is 0 Å². The van der Waals surface area contributed by atoms with Crippen LogP contribution in [-0.2, 0) is 11.2 Å². The summed E-state index contributed by atoms with van der Waals surface area (Å²) in [5, 5.41) is 0. The normalized spacial score (nSPS) is 26.8. The fourth-order valence-electron chi connectivity index (χ4n) is 3.04. The molecule has 1 saturated carbocycles. The van der Waals surface area contributed by atoms with Crippen LogP contribution in [-0.4, -0.2) is 6.29 Å². The van der Waals surface area contributed by atoms with Gasteiger partial charge in [-0.2, -0.15) is 0 Å². The number of aryl methyl sites for hydroxylation is 1. The van der Waals surface area contributed by atoms with Gasteiger partial charge in [0.05, 0.1) is 0 Å². The lowest BCUT2D eigenvalue weighted by Crippen LogP contribution is -2.20. The number of fused-ring (bicyclic) bond motifs is 1. The molecule has 0 amide bonds. The van der Waals surface area contributed by atoms with E-state index in [0.29, 0.717) is 5.92 Å². The van der Waals surface area contributed by atoms with Crippen LogP contribution >= 0.6 is 0 Å². The van der Waals surface area contributed by atoms with E-state index in [0.717, 1.165) is 12.8 Å². The second-order valence-electron chi connectivity index (χ2n) is 4.99. The summed E-state index contributed by atoms with van der Waals surface area (Å²) in [6.45, 7) is 0. The van der Waals surface area contributed by atoms with Crippen molar-refractivity contribution in [3.63, 3.8) is 0 Å². The fraction of sp³-hybridized carbons (Fsp3) is 0.500. The highest BCUT2D eigenvalue weighted by molar-refractivity contribution is 5.66. The van der Waals surface area contributed by atoms with E-state index >= 15 is 0 Å². The molecule has 0 aromatic heterocycles. The molecule has 3 rings (SSSR count). The molecule has 0 N–H and O–H groups in total. The average molecular weight is 200 g/mol. The van der Waals surface area contributed by atoms with Gasteiger partial charge in [-0.1, -0.05) is 24.3 Å². The third kappa shape index (κ3) is 1.33. The minimum absolute atomic E-state index is 0.0243. The van der Waals surface area contributed by atoms with Crippen molar-refractivity contribution in [2.75, 3.05) is 0 Å². The Bertz CT molecular complexity index is 390. The zero-order valence-corrected chi connectivity index (χ0v) is 8.91. The van der Waals surface area contributed by atoms with Crippen molar-refractivity contribution in [1.29, 1.82) is 0 Å². The van der Waals surface area contributed by atoms with Gasteiger partial charge >= 0.3 is 0 Å². The molecular weight excluding hydrogens is 184 g/mol. The number of carbonyl (C=O) groups excluding carboxylic acids is 1. The molecule has 1 nitrogen and oxygen atoms in total. The molecule has 0 heterocycles. The van der Waals surface area contributed by atoms with Crippen LogP contribution in [0.25, 0.3) is 0 Å². The third-order valence-corrected chi connectivity index (χ3v) is 4.13. The highest BCUT2D eigenvalue weighted by atomic mass is 16.1. The summed E-state index contributed by atoms with van der Waals surface area (Å²) < 4.78 is 0.